The summed E-state index contributed by atoms with van der Waals surface area (Å²) in [5.74, 6) is -1.03. The number of sulfone groups is 1. The lowest BCUT2D eigenvalue weighted by Gasteiger charge is -2.21. The van der Waals surface area contributed by atoms with Gasteiger partial charge in [-0.15, -0.1) is 0 Å². The first-order chi connectivity index (χ1) is 7.28. The van der Waals surface area contributed by atoms with Crippen LogP contribution in [0.25, 0.3) is 0 Å². The molecule has 1 aromatic rings. The van der Waals surface area contributed by atoms with Gasteiger partial charge in [0.05, 0.1) is 5.75 Å². The molecule has 0 saturated heterocycles. The molecule has 1 rings (SSSR count). The third-order valence-corrected chi connectivity index (χ3v) is 4.34. The van der Waals surface area contributed by atoms with E-state index < -0.39 is 21.1 Å². The van der Waals surface area contributed by atoms with Crippen molar-refractivity contribution in [2.24, 2.45) is 5.41 Å². The molecule has 16 heavy (non-hydrogen) atoms. The molecule has 0 spiro atoms. The predicted octanol–water partition coefficient (Wildman–Crippen LogP) is 1.62. The highest BCUT2D eigenvalue weighted by molar-refractivity contribution is 7.91. The third kappa shape index (κ3) is 3.02. The lowest BCUT2D eigenvalue weighted by molar-refractivity contribution is 0.178. The topological polar surface area (TPSA) is 54.4 Å². The van der Waals surface area contributed by atoms with Crippen molar-refractivity contribution in [1.29, 1.82) is 0 Å². The SMILES string of the molecule is CC(C)(CO)CS(=O)(=O)c1ccccc1F. The van der Waals surface area contributed by atoms with Crippen molar-refractivity contribution in [3.63, 3.8) is 0 Å². The molecule has 1 N–H and O–H groups in total. The minimum atomic E-state index is -3.70. The molecule has 0 aliphatic heterocycles. The van der Waals surface area contributed by atoms with Crippen LogP contribution in [0.4, 0.5) is 4.39 Å². The lowest BCUT2D eigenvalue weighted by Crippen LogP contribution is -2.28. The Bertz CT molecular complexity index is 466. The van der Waals surface area contributed by atoms with Gasteiger partial charge in [-0.3, -0.25) is 0 Å². The Labute approximate surface area is 94.8 Å². The van der Waals surface area contributed by atoms with Crippen molar-refractivity contribution in [2.45, 2.75) is 18.7 Å². The fourth-order valence-corrected chi connectivity index (χ4v) is 3.26. The highest BCUT2D eigenvalue weighted by Gasteiger charge is 2.28. The van der Waals surface area contributed by atoms with E-state index in [4.69, 9.17) is 5.11 Å². The van der Waals surface area contributed by atoms with E-state index >= 15 is 0 Å². The number of rotatable bonds is 4. The molecule has 0 amide bonds. The van der Waals surface area contributed by atoms with Crippen LogP contribution in [0.2, 0.25) is 0 Å². The van der Waals surface area contributed by atoms with Gasteiger partial charge >= 0.3 is 0 Å². The molecule has 0 aliphatic rings. The Morgan fingerprint density at radius 1 is 1.31 bits per heavy atom. The van der Waals surface area contributed by atoms with Gasteiger partial charge in [0, 0.05) is 12.0 Å². The van der Waals surface area contributed by atoms with Crippen LogP contribution in [0.5, 0.6) is 0 Å². The number of hydrogen-bond acceptors (Lipinski definition) is 3. The molecule has 0 radical (unpaired) electrons. The first-order valence-corrected chi connectivity index (χ1v) is 6.52. The number of benzene rings is 1. The van der Waals surface area contributed by atoms with Gasteiger partial charge in [-0.05, 0) is 12.1 Å². The zero-order valence-electron chi connectivity index (χ0n) is 9.27. The first-order valence-electron chi connectivity index (χ1n) is 4.87. The maximum Gasteiger partial charge on any atom is 0.181 e. The predicted molar refractivity (Wildman–Crippen MR) is 59.3 cm³/mol. The van der Waals surface area contributed by atoms with E-state index in [-0.39, 0.29) is 17.3 Å². The maximum absolute atomic E-state index is 13.3. The first kappa shape index (κ1) is 13.1. The van der Waals surface area contributed by atoms with Gasteiger partial charge < -0.3 is 5.11 Å². The maximum atomic E-state index is 13.3. The van der Waals surface area contributed by atoms with Crippen molar-refractivity contribution >= 4 is 9.84 Å². The Morgan fingerprint density at radius 2 is 1.88 bits per heavy atom. The molecule has 0 unspecified atom stereocenters. The zero-order valence-corrected chi connectivity index (χ0v) is 10.1. The zero-order chi connectivity index (χ0) is 12.4. The Balaban J connectivity index is 3.09. The van der Waals surface area contributed by atoms with E-state index in [1.807, 2.05) is 0 Å². The Hall–Kier alpha value is -0.940. The van der Waals surface area contributed by atoms with Gasteiger partial charge in [-0.25, -0.2) is 12.8 Å². The summed E-state index contributed by atoms with van der Waals surface area (Å²) >= 11 is 0. The van der Waals surface area contributed by atoms with E-state index in [1.54, 1.807) is 13.8 Å². The van der Waals surface area contributed by atoms with Crippen LogP contribution in [0.15, 0.2) is 29.2 Å². The number of aliphatic hydroxyl groups is 1. The summed E-state index contributed by atoms with van der Waals surface area (Å²) in [5, 5.41) is 9.02. The molecular formula is C11H15FO3S. The van der Waals surface area contributed by atoms with Crippen LogP contribution >= 0.6 is 0 Å². The molecule has 1 aromatic carbocycles. The standard InChI is InChI=1S/C11H15FO3S/c1-11(2,7-13)8-16(14,15)10-6-4-3-5-9(10)12/h3-6,13H,7-8H2,1-2H3. The molecule has 0 saturated carbocycles. The number of halogens is 1. The highest BCUT2D eigenvalue weighted by Crippen LogP contribution is 2.23. The summed E-state index contributed by atoms with van der Waals surface area (Å²) in [6, 6.07) is 5.25. The Morgan fingerprint density at radius 3 is 2.38 bits per heavy atom. The summed E-state index contributed by atoms with van der Waals surface area (Å²) in [5.41, 5.74) is -0.777. The van der Waals surface area contributed by atoms with Crippen molar-refractivity contribution in [3.05, 3.63) is 30.1 Å². The summed E-state index contributed by atoms with van der Waals surface area (Å²) < 4.78 is 37.1. The van der Waals surface area contributed by atoms with Gasteiger partial charge in [0.1, 0.15) is 10.7 Å². The fraction of sp³-hybridized carbons (Fsp3) is 0.455. The van der Waals surface area contributed by atoms with Crippen molar-refractivity contribution in [2.75, 3.05) is 12.4 Å². The van der Waals surface area contributed by atoms with Gasteiger partial charge in [0.2, 0.25) is 0 Å². The molecule has 3 nitrogen and oxygen atoms in total. The van der Waals surface area contributed by atoms with Crippen LogP contribution < -0.4 is 0 Å². The smallest absolute Gasteiger partial charge is 0.181 e. The summed E-state index contributed by atoms with van der Waals surface area (Å²) in [7, 11) is -3.70. The molecule has 0 bridgehead atoms. The quantitative estimate of drug-likeness (QED) is 0.878. The fourth-order valence-electron chi connectivity index (χ4n) is 1.33. The van der Waals surface area contributed by atoms with E-state index in [0.29, 0.717) is 0 Å². The van der Waals surface area contributed by atoms with Crippen molar-refractivity contribution < 1.29 is 17.9 Å². The van der Waals surface area contributed by atoms with Crippen LogP contribution in [0.1, 0.15) is 13.8 Å². The summed E-state index contributed by atoms with van der Waals surface area (Å²) in [6.07, 6.45) is 0. The van der Waals surface area contributed by atoms with E-state index in [9.17, 15) is 12.8 Å². The van der Waals surface area contributed by atoms with Crippen LogP contribution in [0.3, 0.4) is 0 Å². The molecule has 0 fully saturated rings. The van der Waals surface area contributed by atoms with Crippen LogP contribution in [-0.2, 0) is 9.84 Å². The average molecular weight is 246 g/mol. The number of aliphatic hydroxyl groups excluding tert-OH is 1. The highest BCUT2D eigenvalue weighted by atomic mass is 32.2. The minimum Gasteiger partial charge on any atom is -0.396 e. The van der Waals surface area contributed by atoms with Crippen LogP contribution in [-0.4, -0.2) is 25.9 Å². The molecule has 0 heterocycles. The van der Waals surface area contributed by atoms with Crippen LogP contribution in [0, 0.1) is 11.2 Å². The molecule has 0 atom stereocenters. The third-order valence-electron chi connectivity index (χ3n) is 2.18. The normalized spacial score (nSPS) is 12.8. The Kier molecular flexibility index (Phi) is 3.70. The van der Waals surface area contributed by atoms with Crippen molar-refractivity contribution in [3.8, 4) is 0 Å². The van der Waals surface area contributed by atoms with Gasteiger partial charge in [-0.1, -0.05) is 26.0 Å². The minimum absolute atomic E-state index is 0.263. The van der Waals surface area contributed by atoms with Crippen molar-refractivity contribution in [1.82, 2.24) is 0 Å². The second-order valence-electron chi connectivity index (χ2n) is 4.51. The van der Waals surface area contributed by atoms with E-state index in [2.05, 4.69) is 0 Å². The summed E-state index contributed by atoms with van der Waals surface area (Å²) in [4.78, 5) is -0.309. The lowest BCUT2D eigenvalue weighted by atomic mass is 9.98. The molecule has 5 heteroatoms. The molecule has 0 aromatic heterocycles. The molecule has 0 aliphatic carbocycles. The van der Waals surface area contributed by atoms with E-state index in [1.165, 1.54) is 18.2 Å². The van der Waals surface area contributed by atoms with E-state index in [0.717, 1.165) is 6.07 Å². The molecule has 90 valence electrons. The second kappa shape index (κ2) is 4.51. The second-order valence-corrected chi connectivity index (χ2v) is 6.47. The van der Waals surface area contributed by atoms with Gasteiger partial charge in [0.25, 0.3) is 0 Å². The molecular weight excluding hydrogens is 231 g/mol. The number of hydrogen-bond donors (Lipinski definition) is 1. The summed E-state index contributed by atoms with van der Waals surface area (Å²) in [6.45, 7) is 2.97. The van der Waals surface area contributed by atoms with Gasteiger partial charge in [0.15, 0.2) is 9.84 Å². The monoisotopic (exact) mass is 246 g/mol. The largest absolute Gasteiger partial charge is 0.396 e. The average Bonchev–Trinajstić information content (AvgIpc) is 2.16. The van der Waals surface area contributed by atoms with Gasteiger partial charge in [-0.2, -0.15) is 0 Å².